The van der Waals surface area contributed by atoms with Gasteiger partial charge in [-0.15, -0.1) is 0 Å². The molecule has 0 saturated heterocycles. The van der Waals surface area contributed by atoms with Gasteiger partial charge in [-0.05, 0) is 41.5 Å². The van der Waals surface area contributed by atoms with Crippen molar-refractivity contribution in [2.75, 3.05) is 19.2 Å². The number of likely N-dealkylation sites (N-methyl/N-ethyl adjacent to an activating group) is 1. The zero-order valence-electron chi connectivity index (χ0n) is 14.7. The minimum atomic E-state index is -0.117. The van der Waals surface area contributed by atoms with Crippen LogP contribution in [0.3, 0.4) is 0 Å². The molecule has 1 aliphatic rings. The first kappa shape index (κ1) is 17.5. The quantitative estimate of drug-likeness (QED) is 0.840. The van der Waals surface area contributed by atoms with E-state index in [0.717, 1.165) is 22.6 Å². The molecule has 1 N–H and O–H groups in total. The molecule has 0 fully saturated rings. The summed E-state index contributed by atoms with van der Waals surface area (Å²) in [5, 5.41) is 2.70. The molecule has 0 aliphatic carbocycles. The summed E-state index contributed by atoms with van der Waals surface area (Å²) in [6.45, 7) is 2.17. The average molecular weight is 352 g/mol. The molecular weight excluding hydrogens is 332 g/mol. The van der Waals surface area contributed by atoms with E-state index in [-0.39, 0.29) is 18.6 Å². The Hall–Kier alpha value is -3.28. The second-order valence-electron chi connectivity index (χ2n) is 6.02. The van der Waals surface area contributed by atoms with Crippen LogP contribution in [0.2, 0.25) is 0 Å². The Morgan fingerprint density at radius 2 is 1.85 bits per heavy atom. The van der Waals surface area contributed by atoms with E-state index in [4.69, 9.17) is 9.47 Å². The Labute approximate surface area is 152 Å². The number of fused-ring (bicyclic) bond motifs is 1. The average Bonchev–Trinajstić information content (AvgIpc) is 3.08. The molecule has 6 heteroatoms. The predicted octanol–water partition coefficient (Wildman–Crippen LogP) is 3.05. The number of hydrogen-bond donors (Lipinski definition) is 1. The first-order valence-electron chi connectivity index (χ1n) is 8.20. The summed E-state index contributed by atoms with van der Waals surface area (Å²) < 4.78 is 10.6. The SMILES string of the molecule is CC(=O)Nc1ccc(/C=C/C(=O)N(C)Cc2ccc3c(c2)OCO3)cc1. The van der Waals surface area contributed by atoms with Crippen LogP contribution in [0.5, 0.6) is 11.5 Å². The number of benzene rings is 2. The number of ether oxygens (including phenoxy) is 2. The zero-order valence-corrected chi connectivity index (χ0v) is 14.7. The van der Waals surface area contributed by atoms with Crippen LogP contribution in [0.15, 0.2) is 48.5 Å². The van der Waals surface area contributed by atoms with Gasteiger partial charge in [0, 0.05) is 32.3 Å². The molecular formula is C20H20N2O4. The smallest absolute Gasteiger partial charge is 0.246 e. The highest BCUT2D eigenvalue weighted by molar-refractivity contribution is 5.92. The molecule has 6 nitrogen and oxygen atoms in total. The van der Waals surface area contributed by atoms with Crippen LogP contribution in [0, 0.1) is 0 Å². The van der Waals surface area contributed by atoms with Gasteiger partial charge in [0.2, 0.25) is 18.6 Å². The summed E-state index contributed by atoms with van der Waals surface area (Å²) in [5.74, 6) is 1.21. The number of carbonyl (C=O) groups is 2. The summed E-state index contributed by atoms with van der Waals surface area (Å²) >= 11 is 0. The topological polar surface area (TPSA) is 67.9 Å². The third-order valence-electron chi connectivity index (χ3n) is 3.88. The molecule has 0 unspecified atom stereocenters. The van der Waals surface area contributed by atoms with Crippen molar-refractivity contribution in [1.29, 1.82) is 0 Å². The van der Waals surface area contributed by atoms with Gasteiger partial charge < -0.3 is 19.7 Å². The Bertz CT molecular complexity index is 843. The van der Waals surface area contributed by atoms with Crippen LogP contribution in [-0.2, 0) is 16.1 Å². The molecule has 0 spiro atoms. The van der Waals surface area contributed by atoms with Crippen molar-refractivity contribution < 1.29 is 19.1 Å². The number of amides is 2. The van der Waals surface area contributed by atoms with Crippen LogP contribution < -0.4 is 14.8 Å². The molecule has 1 heterocycles. The van der Waals surface area contributed by atoms with Gasteiger partial charge in [0.25, 0.3) is 0 Å². The summed E-state index contributed by atoms with van der Waals surface area (Å²) in [7, 11) is 1.75. The lowest BCUT2D eigenvalue weighted by Gasteiger charge is -2.15. The summed E-state index contributed by atoms with van der Waals surface area (Å²) in [5.41, 5.74) is 2.57. The molecule has 2 aromatic rings. The lowest BCUT2D eigenvalue weighted by molar-refractivity contribution is -0.125. The molecule has 2 amide bonds. The second kappa shape index (κ2) is 7.74. The number of rotatable bonds is 5. The zero-order chi connectivity index (χ0) is 18.5. The van der Waals surface area contributed by atoms with Crippen molar-refractivity contribution in [2.24, 2.45) is 0 Å². The first-order chi connectivity index (χ1) is 12.5. The van der Waals surface area contributed by atoms with E-state index in [9.17, 15) is 9.59 Å². The molecule has 26 heavy (non-hydrogen) atoms. The maximum absolute atomic E-state index is 12.3. The molecule has 0 atom stereocenters. The van der Waals surface area contributed by atoms with E-state index in [2.05, 4.69) is 5.32 Å². The third-order valence-corrected chi connectivity index (χ3v) is 3.88. The van der Waals surface area contributed by atoms with Gasteiger partial charge in [-0.2, -0.15) is 0 Å². The number of nitrogens with one attached hydrogen (secondary N) is 1. The van der Waals surface area contributed by atoms with E-state index >= 15 is 0 Å². The molecule has 134 valence electrons. The van der Waals surface area contributed by atoms with Crippen LogP contribution >= 0.6 is 0 Å². The maximum Gasteiger partial charge on any atom is 0.246 e. The Kier molecular flexibility index (Phi) is 5.22. The lowest BCUT2D eigenvalue weighted by atomic mass is 10.1. The minimum Gasteiger partial charge on any atom is -0.454 e. The van der Waals surface area contributed by atoms with Crippen molar-refractivity contribution in [3.8, 4) is 11.5 Å². The highest BCUT2D eigenvalue weighted by Gasteiger charge is 2.14. The standard InChI is InChI=1S/C20H20N2O4/c1-14(23)21-17-7-3-15(4-8-17)6-10-20(24)22(2)12-16-5-9-18-19(11-16)26-13-25-18/h3-11H,12-13H2,1-2H3,(H,21,23)/b10-6+. The van der Waals surface area contributed by atoms with Gasteiger partial charge in [-0.1, -0.05) is 18.2 Å². The van der Waals surface area contributed by atoms with Crippen molar-refractivity contribution in [1.82, 2.24) is 4.90 Å². The van der Waals surface area contributed by atoms with E-state index in [1.54, 1.807) is 30.2 Å². The Morgan fingerprint density at radius 3 is 2.58 bits per heavy atom. The summed E-state index contributed by atoms with van der Waals surface area (Å²) in [4.78, 5) is 24.9. The van der Waals surface area contributed by atoms with E-state index in [1.807, 2.05) is 30.3 Å². The Morgan fingerprint density at radius 1 is 1.12 bits per heavy atom. The number of hydrogen-bond acceptors (Lipinski definition) is 4. The number of carbonyl (C=O) groups excluding carboxylic acids is 2. The van der Waals surface area contributed by atoms with E-state index < -0.39 is 0 Å². The van der Waals surface area contributed by atoms with Gasteiger partial charge in [-0.3, -0.25) is 9.59 Å². The maximum atomic E-state index is 12.3. The molecule has 0 saturated carbocycles. The van der Waals surface area contributed by atoms with Crippen LogP contribution in [0.1, 0.15) is 18.1 Å². The van der Waals surface area contributed by atoms with Crippen molar-refractivity contribution in [3.05, 3.63) is 59.7 Å². The molecule has 3 rings (SSSR count). The molecule has 1 aliphatic heterocycles. The Balaban J connectivity index is 1.58. The second-order valence-corrected chi connectivity index (χ2v) is 6.02. The molecule has 0 aromatic heterocycles. The van der Waals surface area contributed by atoms with E-state index in [0.29, 0.717) is 12.3 Å². The number of anilines is 1. The predicted molar refractivity (Wildman–Crippen MR) is 98.8 cm³/mol. The molecule has 0 radical (unpaired) electrons. The summed E-state index contributed by atoms with van der Waals surface area (Å²) in [6, 6.07) is 12.9. The highest BCUT2D eigenvalue weighted by atomic mass is 16.7. The lowest BCUT2D eigenvalue weighted by Crippen LogP contribution is -2.24. The molecule has 2 aromatic carbocycles. The highest BCUT2D eigenvalue weighted by Crippen LogP contribution is 2.32. The van der Waals surface area contributed by atoms with Crippen LogP contribution in [-0.4, -0.2) is 30.6 Å². The van der Waals surface area contributed by atoms with Crippen molar-refractivity contribution in [3.63, 3.8) is 0 Å². The fourth-order valence-electron chi connectivity index (χ4n) is 2.57. The first-order valence-corrected chi connectivity index (χ1v) is 8.20. The monoisotopic (exact) mass is 352 g/mol. The van der Waals surface area contributed by atoms with Crippen LogP contribution in [0.4, 0.5) is 5.69 Å². The van der Waals surface area contributed by atoms with Gasteiger partial charge in [0.05, 0.1) is 0 Å². The number of nitrogens with zero attached hydrogens (tertiary/aromatic N) is 1. The van der Waals surface area contributed by atoms with Gasteiger partial charge >= 0.3 is 0 Å². The van der Waals surface area contributed by atoms with Crippen molar-refractivity contribution in [2.45, 2.75) is 13.5 Å². The largest absolute Gasteiger partial charge is 0.454 e. The van der Waals surface area contributed by atoms with Gasteiger partial charge in [0.1, 0.15) is 0 Å². The molecule has 0 bridgehead atoms. The van der Waals surface area contributed by atoms with Crippen molar-refractivity contribution >= 4 is 23.6 Å². The van der Waals surface area contributed by atoms with E-state index in [1.165, 1.54) is 13.0 Å². The van der Waals surface area contributed by atoms with Crippen LogP contribution in [0.25, 0.3) is 6.08 Å². The fraction of sp³-hybridized carbons (Fsp3) is 0.200. The van der Waals surface area contributed by atoms with Gasteiger partial charge in [0.15, 0.2) is 11.5 Å². The normalized spacial score (nSPS) is 12.2. The summed E-state index contributed by atoms with van der Waals surface area (Å²) in [6.07, 6.45) is 3.27. The fourth-order valence-corrected chi connectivity index (χ4v) is 2.57. The third kappa shape index (κ3) is 4.42. The van der Waals surface area contributed by atoms with Gasteiger partial charge in [-0.25, -0.2) is 0 Å². The minimum absolute atomic E-state index is 0.103.